The predicted molar refractivity (Wildman–Crippen MR) is 61.2 cm³/mol. The van der Waals surface area contributed by atoms with E-state index in [4.69, 9.17) is 11.6 Å². The average molecular weight is 295 g/mol. The number of esters is 1. The van der Waals surface area contributed by atoms with Crippen LogP contribution in [-0.4, -0.2) is 22.5 Å². The summed E-state index contributed by atoms with van der Waals surface area (Å²) in [7, 11) is 0. The minimum Gasteiger partial charge on any atom is -0.466 e. The van der Waals surface area contributed by atoms with E-state index in [1.54, 1.807) is 6.92 Å². The van der Waals surface area contributed by atoms with Gasteiger partial charge in [0.2, 0.25) is 0 Å². The molecule has 0 aromatic carbocycles. The van der Waals surface area contributed by atoms with Crippen molar-refractivity contribution in [1.82, 2.24) is 4.98 Å². The second-order valence-corrected chi connectivity index (χ2v) is 3.74. The van der Waals surface area contributed by atoms with Gasteiger partial charge in [-0.3, -0.25) is 14.9 Å². The van der Waals surface area contributed by atoms with Gasteiger partial charge in [-0.15, -0.1) is 0 Å². The molecule has 0 aliphatic carbocycles. The molecule has 0 radical (unpaired) electrons. The van der Waals surface area contributed by atoms with E-state index in [9.17, 15) is 23.7 Å². The van der Waals surface area contributed by atoms with Crippen LogP contribution < -0.4 is 0 Å². The van der Waals surface area contributed by atoms with E-state index in [-0.39, 0.29) is 12.2 Å². The first-order valence-corrected chi connectivity index (χ1v) is 5.51. The number of ether oxygens (including phenoxy) is 1. The first kappa shape index (κ1) is 15.2. The van der Waals surface area contributed by atoms with Gasteiger partial charge < -0.3 is 4.74 Å². The summed E-state index contributed by atoms with van der Waals surface area (Å²) in [5.41, 5.74) is -1.78. The molecule has 0 N–H and O–H groups in total. The van der Waals surface area contributed by atoms with Crippen LogP contribution in [0.2, 0.25) is 5.02 Å². The van der Waals surface area contributed by atoms with Crippen LogP contribution in [0.1, 0.15) is 24.6 Å². The number of nitro groups is 1. The Hall–Kier alpha value is -1.83. The lowest BCUT2D eigenvalue weighted by Gasteiger charge is -2.09. The van der Waals surface area contributed by atoms with E-state index >= 15 is 0 Å². The average Bonchev–Trinajstić information content (AvgIpc) is 2.31. The Kier molecular flexibility index (Phi) is 5.11. The Labute approximate surface area is 111 Å². The zero-order valence-electron chi connectivity index (χ0n) is 9.73. The summed E-state index contributed by atoms with van der Waals surface area (Å²) in [5.74, 6) is -0.811. The van der Waals surface area contributed by atoms with Crippen LogP contribution in [0, 0.1) is 10.1 Å². The lowest BCUT2D eigenvalue weighted by atomic mass is 10.1. The summed E-state index contributed by atoms with van der Waals surface area (Å²) in [6, 6.07) is 0. The molecule has 0 saturated carbocycles. The highest BCUT2D eigenvalue weighted by Crippen LogP contribution is 2.33. The van der Waals surface area contributed by atoms with Crippen molar-refractivity contribution in [3.63, 3.8) is 0 Å². The summed E-state index contributed by atoms with van der Waals surface area (Å²) in [6.45, 7) is 1.60. The molecule has 0 aliphatic rings. The normalized spacial score (nSPS) is 10.6. The fourth-order valence-electron chi connectivity index (χ4n) is 1.37. The summed E-state index contributed by atoms with van der Waals surface area (Å²) in [4.78, 5) is 24.4. The number of pyridine rings is 1. The fourth-order valence-corrected chi connectivity index (χ4v) is 1.65. The molecule has 1 heterocycles. The number of hydrogen-bond acceptors (Lipinski definition) is 5. The van der Waals surface area contributed by atoms with Crippen molar-refractivity contribution >= 4 is 23.3 Å². The molecule has 1 rings (SSSR count). The number of alkyl halides is 2. The summed E-state index contributed by atoms with van der Waals surface area (Å²) in [6.07, 6.45) is -2.96. The zero-order chi connectivity index (χ0) is 14.6. The number of carbonyl (C=O) groups is 1. The molecule has 6 nitrogen and oxygen atoms in total. The molecule has 104 valence electrons. The van der Waals surface area contributed by atoms with Gasteiger partial charge in [-0.1, -0.05) is 11.6 Å². The fraction of sp³-hybridized carbons (Fsp3) is 0.400. The summed E-state index contributed by atoms with van der Waals surface area (Å²) >= 11 is 5.67. The number of aromatic nitrogens is 1. The Morgan fingerprint density at radius 3 is 2.74 bits per heavy atom. The van der Waals surface area contributed by atoms with Crippen LogP contribution in [0.5, 0.6) is 0 Å². The van der Waals surface area contributed by atoms with Crippen LogP contribution in [0.15, 0.2) is 6.20 Å². The van der Waals surface area contributed by atoms with Crippen LogP contribution >= 0.6 is 11.6 Å². The van der Waals surface area contributed by atoms with Crippen LogP contribution in [0.4, 0.5) is 14.5 Å². The Bertz CT molecular complexity index is 511. The number of nitrogens with zero attached hydrogens (tertiary/aromatic N) is 2. The molecule has 19 heavy (non-hydrogen) atoms. The van der Waals surface area contributed by atoms with Crippen molar-refractivity contribution in [2.75, 3.05) is 6.61 Å². The van der Waals surface area contributed by atoms with Crippen LogP contribution in [-0.2, 0) is 16.0 Å². The lowest BCUT2D eigenvalue weighted by Crippen LogP contribution is -2.12. The van der Waals surface area contributed by atoms with Gasteiger partial charge in [0.15, 0.2) is 0 Å². The van der Waals surface area contributed by atoms with E-state index in [0.717, 1.165) is 0 Å². The first-order chi connectivity index (χ1) is 8.88. The third kappa shape index (κ3) is 3.57. The van der Waals surface area contributed by atoms with Gasteiger partial charge in [0.1, 0.15) is 16.9 Å². The highest BCUT2D eigenvalue weighted by atomic mass is 35.5. The molecule has 0 fully saturated rings. The number of halogens is 3. The lowest BCUT2D eigenvalue weighted by molar-refractivity contribution is -0.385. The SMILES string of the molecule is CCOC(=O)Cc1c(C(F)F)ncc([N+](=O)[O-])c1Cl. The van der Waals surface area contributed by atoms with Gasteiger partial charge in [0.25, 0.3) is 6.43 Å². The largest absolute Gasteiger partial charge is 0.466 e. The standard InChI is InChI=1S/C10H9ClF2N2O4/c1-2-19-7(16)3-5-8(11)6(15(17)18)4-14-9(5)10(12)13/h4,10H,2-3H2,1H3. The van der Waals surface area contributed by atoms with Crippen molar-refractivity contribution in [1.29, 1.82) is 0 Å². The molecule has 0 saturated heterocycles. The van der Waals surface area contributed by atoms with Gasteiger partial charge in [-0.05, 0) is 6.92 Å². The van der Waals surface area contributed by atoms with E-state index in [2.05, 4.69) is 9.72 Å². The molecule has 0 amide bonds. The van der Waals surface area contributed by atoms with Crippen molar-refractivity contribution in [3.8, 4) is 0 Å². The quantitative estimate of drug-likeness (QED) is 0.474. The van der Waals surface area contributed by atoms with Gasteiger partial charge in [-0.2, -0.15) is 0 Å². The van der Waals surface area contributed by atoms with E-state index in [1.807, 2.05) is 0 Å². The van der Waals surface area contributed by atoms with Gasteiger partial charge in [-0.25, -0.2) is 13.8 Å². The molecule has 1 aromatic rings. The molecular formula is C10H9ClF2N2O4. The Morgan fingerprint density at radius 1 is 1.63 bits per heavy atom. The minimum atomic E-state index is -3.00. The van der Waals surface area contributed by atoms with E-state index in [0.29, 0.717) is 6.20 Å². The van der Waals surface area contributed by atoms with Crippen molar-refractivity contribution in [3.05, 3.63) is 32.6 Å². The van der Waals surface area contributed by atoms with Gasteiger partial charge >= 0.3 is 11.7 Å². The molecule has 1 aromatic heterocycles. The molecule has 0 spiro atoms. The van der Waals surface area contributed by atoms with Gasteiger partial charge in [0.05, 0.1) is 18.0 Å². The molecule has 0 aliphatic heterocycles. The van der Waals surface area contributed by atoms with Crippen molar-refractivity contribution in [2.24, 2.45) is 0 Å². The molecule has 9 heteroatoms. The number of hydrogen-bond donors (Lipinski definition) is 0. The molecule has 0 bridgehead atoms. The number of carbonyl (C=O) groups excluding carboxylic acids is 1. The third-order valence-corrected chi connectivity index (χ3v) is 2.58. The van der Waals surface area contributed by atoms with Crippen LogP contribution in [0.25, 0.3) is 0 Å². The highest BCUT2D eigenvalue weighted by molar-refractivity contribution is 6.33. The molecule has 0 atom stereocenters. The Morgan fingerprint density at radius 2 is 2.26 bits per heavy atom. The van der Waals surface area contributed by atoms with Crippen molar-refractivity contribution < 1.29 is 23.2 Å². The van der Waals surface area contributed by atoms with Gasteiger partial charge in [0, 0.05) is 5.56 Å². The predicted octanol–water partition coefficient (Wildman–Crippen LogP) is 2.69. The second-order valence-electron chi connectivity index (χ2n) is 3.36. The van der Waals surface area contributed by atoms with Crippen LogP contribution in [0.3, 0.4) is 0 Å². The monoisotopic (exact) mass is 294 g/mol. The first-order valence-electron chi connectivity index (χ1n) is 5.13. The zero-order valence-corrected chi connectivity index (χ0v) is 10.5. The molecule has 0 unspecified atom stereocenters. The Balaban J connectivity index is 3.26. The maximum absolute atomic E-state index is 12.7. The smallest absolute Gasteiger partial charge is 0.310 e. The maximum Gasteiger partial charge on any atom is 0.310 e. The van der Waals surface area contributed by atoms with E-state index in [1.165, 1.54) is 0 Å². The minimum absolute atomic E-state index is 0.0584. The highest BCUT2D eigenvalue weighted by Gasteiger charge is 2.26. The molecular weight excluding hydrogens is 286 g/mol. The number of rotatable bonds is 5. The second kappa shape index (κ2) is 6.37. The third-order valence-electron chi connectivity index (χ3n) is 2.15. The summed E-state index contributed by atoms with van der Waals surface area (Å²) in [5, 5.41) is 10.1. The maximum atomic E-state index is 12.7. The van der Waals surface area contributed by atoms with E-state index < -0.39 is 40.1 Å². The van der Waals surface area contributed by atoms with Crippen molar-refractivity contribution in [2.45, 2.75) is 19.8 Å². The summed E-state index contributed by atoms with van der Waals surface area (Å²) < 4.78 is 30.1. The topological polar surface area (TPSA) is 82.3 Å².